The number of rotatable bonds is 3. The predicted octanol–water partition coefficient (Wildman–Crippen LogP) is -0.654. The lowest BCUT2D eigenvalue weighted by atomic mass is 10.1. The van der Waals surface area contributed by atoms with Crippen LogP contribution in [0.25, 0.3) is 0 Å². The molecule has 0 spiro atoms. The second-order valence-electron chi connectivity index (χ2n) is 4.41. The molecule has 3 atom stereocenters. The molecule has 0 radical (unpaired) electrons. The molecular weight excluding hydrogens is 278 g/mol. The molecule has 0 aromatic heterocycles. The van der Waals surface area contributed by atoms with Gasteiger partial charge in [-0.05, 0) is 12.5 Å². The van der Waals surface area contributed by atoms with E-state index in [0.717, 1.165) is 5.56 Å². The Kier molecular flexibility index (Phi) is 5.82. The third-order valence-corrected chi connectivity index (χ3v) is 2.71. The van der Waals surface area contributed by atoms with Crippen LogP contribution in [0.4, 0.5) is 4.79 Å². The maximum absolute atomic E-state index is 11.2. The van der Waals surface area contributed by atoms with Crippen LogP contribution >= 0.6 is 0 Å². The van der Waals surface area contributed by atoms with E-state index < -0.39 is 30.2 Å². The number of amides is 3. The zero-order valence-electron chi connectivity index (χ0n) is 11.3. The van der Waals surface area contributed by atoms with E-state index in [9.17, 15) is 14.4 Å². The Labute approximate surface area is 120 Å². The zero-order valence-corrected chi connectivity index (χ0v) is 11.3. The summed E-state index contributed by atoms with van der Waals surface area (Å²) in [6.07, 6.45) is -0.979. The van der Waals surface area contributed by atoms with E-state index >= 15 is 0 Å². The Morgan fingerprint density at radius 2 is 1.86 bits per heavy atom. The highest BCUT2D eigenvalue weighted by Crippen LogP contribution is 2.15. The second kappa shape index (κ2) is 7.36. The summed E-state index contributed by atoms with van der Waals surface area (Å²) in [5, 5.41) is 21.2. The zero-order chi connectivity index (χ0) is 16.0. The topological polar surface area (TPSA) is 142 Å². The van der Waals surface area contributed by atoms with Gasteiger partial charge in [0.25, 0.3) is 5.91 Å². The van der Waals surface area contributed by atoms with Crippen molar-refractivity contribution in [1.82, 2.24) is 10.6 Å². The number of imide groups is 1. The van der Waals surface area contributed by atoms with Crippen molar-refractivity contribution < 1.29 is 24.6 Å². The lowest BCUT2D eigenvalue weighted by molar-refractivity contribution is -0.140. The molecule has 8 heteroatoms. The first-order valence-corrected chi connectivity index (χ1v) is 6.15. The molecule has 1 aliphatic heterocycles. The number of carbonyl (C=O) groups excluding carboxylic acids is 2. The third-order valence-electron chi connectivity index (χ3n) is 2.71. The highest BCUT2D eigenvalue weighted by atomic mass is 16.4. The van der Waals surface area contributed by atoms with Crippen molar-refractivity contribution in [3.8, 4) is 0 Å². The molecule has 6 N–H and O–H groups in total. The largest absolute Gasteiger partial charge is 0.480 e. The van der Waals surface area contributed by atoms with Crippen LogP contribution in [0.1, 0.15) is 18.5 Å². The number of benzene rings is 1. The molecule has 2 rings (SSSR count). The minimum atomic E-state index is -1.18. The van der Waals surface area contributed by atoms with Crippen molar-refractivity contribution in [2.45, 2.75) is 25.1 Å². The number of urea groups is 1. The van der Waals surface area contributed by atoms with Gasteiger partial charge in [-0.15, -0.1) is 0 Å². The fourth-order valence-corrected chi connectivity index (χ4v) is 1.50. The van der Waals surface area contributed by atoms with Gasteiger partial charge in [-0.25, -0.2) is 4.79 Å². The summed E-state index contributed by atoms with van der Waals surface area (Å²) in [7, 11) is 0. The number of aliphatic hydroxyl groups excluding tert-OH is 1. The molecule has 3 amide bonds. The lowest BCUT2D eigenvalue weighted by Gasteiger charge is -2.06. The first kappa shape index (κ1) is 16.6. The maximum Gasteiger partial charge on any atom is 0.323 e. The molecule has 1 aliphatic rings. The Balaban J connectivity index is 0.000000240. The van der Waals surface area contributed by atoms with Crippen LogP contribution in [0.15, 0.2) is 30.3 Å². The predicted molar refractivity (Wildman–Crippen MR) is 73.1 cm³/mol. The molecule has 3 unspecified atom stereocenters. The fraction of sp³-hybridized carbons (Fsp3) is 0.308. The monoisotopic (exact) mass is 295 g/mol. The molecule has 1 aromatic carbocycles. The van der Waals surface area contributed by atoms with Gasteiger partial charge in [0.2, 0.25) is 0 Å². The van der Waals surface area contributed by atoms with E-state index in [0.29, 0.717) is 0 Å². The molecule has 8 nitrogen and oxygen atoms in total. The summed E-state index contributed by atoms with van der Waals surface area (Å²) >= 11 is 0. The van der Waals surface area contributed by atoms with E-state index in [1.54, 1.807) is 12.1 Å². The highest BCUT2D eigenvalue weighted by molar-refractivity contribution is 6.04. The van der Waals surface area contributed by atoms with Gasteiger partial charge in [0.05, 0.1) is 6.10 Å². The first-order chi connectivity index (χ1) is 9.82. The molecule has 1 aromatic rings. The smallest absolute Gasteiger partial charge is 0.323 e. The van der Waals surface area contributed by atoms with E-state index in [1.807, 2.05) is 18.2 Å². The molecule has 0 bridgehead atoms. The standard InChI is InChI=1S/C9H8N2O2.C4H9NO3/c12-8-7(10-9(13)11-8)6-4-2-1-3-5-6;1-2(6)3(5)4(7)8/h1-5,7H,(H2,10,11,12,13);2-3,6H,5H2,1H3,(H,7,8). The van der Waals surface area contributed by atoms with Crippen LogP contribution < -0.4 is 16.4 Å². The van der Waals surface area contributed by atoms with Gasteiger partial charge in [0.1, 0.15) is 12.1 Å². The number of carboxylic acids is 1. The van der Waals surface area contributed by atoms with Gasteiger partial charge in [-0.1, -0.05) is 30.3 Å². The number of hydrogen-bond donors (Lipinski definition) is 5. The number of aliphatic carboxylic acids is 1. The second-order valence-corrected chi connectivity index (χ2v) is 4.41. The van der Waals surface area contributed by atoms with Crippen molar-refractivity contribution in [2.75, 3.05) is 0 Å². The van der Waals surface area contributed by atoms with Crippen LogP contribution in [0.2, 0.25) is 0 Å². The normalized spacial score (nSPS) is 19.7. The summed E-state index contributed by atoms with van der Waals surface area (Å²) in [5.74, 6) is -1.48. The van der Waals surface area contributed by atoms with Crippen molar-refractivity contribution in [3.63, 3.8) is 0 Å². The van der Waals surface area contributed by atoms with Crippen LogP contribution in [0, 0.1) is 0 Å². The molecule has 1 heterocycles. The molecule has 1 saturated heterocycles. The summed E-state index contributed by atoms with van der Waals surface area (Å²) in [6, 6.07) is 6.99. The molecule has 0 aliphatic carbocycles. The number of carbonyl (C=O) groups is 3. The van der Waals surface area contributed by atoms with E-state index in [4.69, 9.17) is 15.9 Å². The van der Waals surface area contributed by atoms with Crippen LogP contribution in [0.5, 0.6) is 0 Å². The van der Waals surface area contributed by atoms with Gasteiger partial charge >= 0.3 is 12.0 Å². The number of nitrogens with one attached hydrogen (secondary N) is 2. The van der Waals surface area contributed by atoms with Crippen molar-refractivity contribution in [1.29, 1.82) is 0 Å². The Morgan fingerprint density at radius 3 is 2.19 bits per heavy atom. The van der Waals surface area contributed by atoms with Crippen LogP contribution in [0.3, 0.4) is 0 Å². The SMILES string of the molecule is CC(O)C(N)C(=O)O.O=C1NC(=O)C(c2ccccc2)N1. The quantitative estimate of drug-likeness (QED) is 0.469. The number of carboxylic acid groups (broad SMARTS) is 1. The van der Waals surface area contributed by atoms with Crippen molar-refractivity contribution in [2.24, 2.45) is 5.73 Å². The average molecular weight is 295 g/mol. The maximum atomic E-state index is 11.2. The van der Waals surface area contributed by atoms with E-state index in [1.165, 1.54) is 6.92 Å². The summed E-state index contributed by atoms with van der Waals surface area (Å²) in [6.45, 7) is 1.33. The van der Waals surface area contributed by atoms with Gasteiger partial charge < -0.3 is 21.3 Å². The lowest BCUT2D eigenvalue weighted by Crippen LogP contribution is -2.39. The van der Waals surface area contributed by atoms with Crippen molar-refractivity contribution >= 4 is 17.9 Å². The molecule has 0 saturated carbocycles. The van der Waals surface area contributed by atoms with Crippen LogP contribution in [-0.4, -0.2) is 40.3 Å². The van der Waals surface area contributed by atoms with Gasteiger partial charge in [-0.3, -0.25) is 14.9 Å². The highest BCUT2D eigenvalue weighted by Gasteiger charge is 2.30. The van der Waals surface area contributed by atoms with Gasteiger partial charge in [0.15, 0.2) is 0 Å². The summed E-state index contributed by atoms with van der Waals surface area (Å²) in [5.41, 5.74) is 5.71. The average Bonchev–Trinajstić information content (AvgIpc) is 2.78. The Hall–Kier alpha value is -2.45. The minimum Gasteiger partial charge on any atom is -0.480 e. The van der Waals surface area contributed by atoms with E-state index in [-0.39, 0.29) is 5.91 Å². The molecule has 1 fully saturated rings. The third kappa shape index (κ3) is 4.86. The number of aliphatic hydroxyl groups is 1. The number of nitrogens with two attached hydrogens (primary N) is 1. The van der Waals surface area contributed by atoms with E-state index in [2.05, 4.69) is 10.6 Å². The first-order valence-electron chi connectivity index (χ1n) is 6.15. The summed E-state index contributed by atoms with van der Waals surface area (Å²) < 4.78 is 0. The Bertz CT molecular complexity index is 518. The molecule has 21 heavy (non-hydrogen) atoms. The van der Waals surface area contributed by atoms with Crippen molar-refractivity contribution in [3.05, 3.63) is 35.9 Å². The molecular formula is C13H17N3O5. The number of hydrogen-bond acceptors (Lipinski definition) is 5. The molecule has 114 valence electrons. The minimum absolute atomic E-state index is 0.295. The Morgan fingerprint density at radius 1 is 1.29 bits per heavy atom. The van der Waals surface area contributed by atoms with Gasteiger partial charge in [-0.2, -0.15) is 0 Å². The van der Waals surface area contributed by atoms with Crippen LogP contribution in [-0.2, 0) is 9.59 Å². The fourth-order valence-electron chi connectivity index (χ4n) is 1.50. The van der Waals surface area contributed by atoms with Gasteiger partial charge in [0, 0.05) is 0 Å². The summed E-state index contributed by atoms with van der Waals surface area (Å²) in [4.78, 5) is 31.8.